The summed E-state index contributed by atoms with van der Waals surface area (Å²) in [6.45, 7) is 2.82. The molecular formula is C28H31N3O3. The van der Waals surface area contributed by atoms with Crippen LogP contribution in [0, 0.1) is 5.92 Å². The number of hydrogen-bond donors (Lipinski definition) is 3. The van der Waals surface area contributed by atoms with Gasteiger partial charge in [0.15, 0.2) is 11.5 Å². The Bertz CT molecular complexity index is 1230. The van der Waals surface area contributed by atoms with Gasteiger partial charge in [0.2, 0.25) is 5.91 Å². The number of benzene rings is 2. The summed E-state index contributed by atoms with van der Waals surface area (Å²) in [5.74, 6) is 1.74. The molecule has 2 aromatic carbocycles. The van der Waals surface area contributed by atoms with Crippen LogP contribution in [0.3, 0.4) is 0 Å². The summed E-state index contributed by atoms with van der Waals surface area (Å²) in [5, 5.41) is 18.2. The Morgan fingerprint density at radius 1 is 1.18 bits per heavy atom. The van der Waals surface area contributed by atoms with Crippen LogP contribution in [0.5, 0.6) is 11.5 Å². The molecule has 6 nitrogen and oxygen atoms in total. The van der Waals surface area contributed by atoms with Crippen molar-refractivity contribution in [3.05, 3.63) is 53.6 Å². The average molecular weight is 458 g/mol. The van der Waals surface area contributed by atoms with E-state index in [1.807, 2.05) is 12.1 Å². The number of nitrogens with zero attached hydrogens (tertiary/aromatic N) is 1. The third kappa shape index (κ3) is 2.15. The maximum absolute atomic E-state index is 12.8. The predicted octanol–water partition coefficient (Wildman–Crippen LogP) is 3.33. The number of amides is 1. The molecular weight excluding hydrogens is 426 g/mol. The van der Waals surface area contributed by atoms with Crippen LogP contribution in [0.25, 0.3) is 0 Å². The van der Waals surface area contributed by atoms with Crippen molar-refractivity contribution in [1.82, 2.24) is 10.2 Å². The van der Waals surface area contributed by atoms with Crippen LogP contribution in [0.1, 0.15) is 50.2 Å². The Labute approximate surface area is 199 Å². The Hall–Kier alpha value is -2.73. The molecule has 1 amide bonds. The van der Waals surface area contributed by atoms with Crippen LogP contribution < -0.4 is 15.4 Å². The van der Waals surface area contributed by atoms with E-state index in [1.54, 1.807) is 6.92 Å². The van der Waals surface area contributed by atoms with E-state index >= 15 is 0 Å². The van der Waals surface area contributed by atoms with E-state index in [0.717, 1.165) is 43.8 Å². The molecule has 34 heavy (non-hydrogen) atoms. The number of piperidine rings is 1. The Morgan fingerprint density at radius 3 is 2.76 bits per heavy atom. The van der Waals surface area contributed by atoms with Crippen LogP contribution in [0.2, 0.25) is 0 Å². The lowest BCUT2D eigenvalue weighted by Crippen LogP contribution is -2.73. The highest BCUT2D eigenvalue weighted by Gasteiger charge is 2.88. The highest BCUT2D eigenvalue weighted by Crippen LogP contribution is 2.77. The quantitative estimate of drug-likeness (QED) is 0.601. The number of carbonyl (C=O) groups excluding carboxylic acids is 1. The molecule has 0 aromatic heterocycles. The van der Waals surface area contributed by atoms with E-state index in [2.05, 4.69) is 45.9 Å². The van der Waals surface area contributed by atoms with Gasteiger partial charge in [0.05, 0.1) is 23.0 Å². The predicted molar refractivity (Wildman–Crippen MR) is 128 cm³/mol. The molecule has 6 aliphatic rings. The Kier molecular flexibility index (Phi) is 3.50. The van der Waals surface area contributed by atoms with Crippen molar-refractivity contribution < 1.29 is 14.6 Å². The fourth-order valence-electron chi connectivity index (χ4n) is 8.88. The van der Waals surface area contributed by atoms with Crippen molar-refractivity contribution in [2.75, 3.05) is 11.9 Å². The van der Waals surface area contributed by atoms with Crippen LogP contribution in [0.15, 0.2) is 42.5 Å². The smallest absolute Gasteiger partial charge is 0.217 e. The number of hydrogen-bond acceptors (Lipinski definition) is 5. The summed E-state index contributed by atoms with van der Waals surface area (Å²) in [7, 11) is 0. The fourth-order valence-corrected chi connectivity index (χ4v) is 8.88. The number of nitrogens with one attached hydrogen (secondary N) is 2. The van der Waals surface area contributed by atoms with Gasteiger partial charge in [0.1, 0.15) is 6.10 Å². The van der Waals surface area contributed by atoms with Crippen molar-refractivity contribution in [2.24, 2.45) is 5.92 Å². The van der Waals surface area contributed by atoms with Crippen molar-refractivity contribution in [3.63, 3.8) is 0 Å². The maximum Gasteiger partial charge on any atom is 0.217 e. The van der Waals surface area contributed by atoms with E-state index in [0.29, 0.717) is 11.8 Å². The van der Waals surface area contributed by atoms with Crippen molar-refractivity contribution in [2.45, 2.75) is 80.1 Å². The molecule has 7 atom stereocenters. The second-order valence-electron chi connectivity index (χ2n) is 11.7. The molecule has 2 heterocycles. The molecule has 2 spiro atoms. The number of carbonyl (C=O) groups is 1. The number of likely N-dealkylation sites (tertiary alicyclic amines) is 1. The zero-order chi connectivity index (χ0) is 22.9. The first-order chi connectivity index (χ1) is 16.5. The molecule has 4 fully saturated rings. The van der Waals surface area contributed by atoms with Gasteiger partial charge in [-0.25, -0.2) is 0 Å². The van der Waals surface area contributed by atoms with Gasteiger partial charge in [-0.2, -0.15) is 0 Å². The molecule has 8 rings (SSSR count). The first kappa shape index (κ1) is 19.6. The number of aromatic hydroxyl groups is 1. The number of fused-ring (bicyclic) bond motifs is 1. The third-order valence-corrected chi connectivity index (χ3v) is 9.96. The highest BCUT2D eigenvalue weighted by molar-refractivity contribution is 5.77. The van der Waals surface area contributed by atoms with Gasteiger partial charge < -0.3 is 20.5 Å². The van der Waals surface area contributed by atoms with E-state index in [4.69, 9.17) is 4.74 Å². The minimum Gasteiger partial charge on any atom is -0.504 e. The van der Waals surface area contributed by atoms with Crippen LogP contribution in [-0.2, 0) is 16.6 Å². The summed E-state index contributed by atoms with van der Waals surface area (Å²) >= 11 is 0. The molecule has 1 saturated heterocycles. The fraction of sp³-hybridized carbons (Fsp3) is 0.536. The van der Waals surface area contributed by atoms with Gasteiger partial charge in [-0.1, -0.05) is 24.3 Å². The number of rotatable bonds is 5. The lowest BCUT2D eigenvalue weighted by Gasteiger charge is -2.56. The summed E-state index contributed by atoms with van der Waals surface area (Å²) in [5.41, 5.74) is 2.98. The molecule has 2 aromatic rings. The minimum atomic E-state index is -0.364. The summed E-state index contributed by atoms with van der Waals surface area (Å²) in [4.78, 5) is 15.5. The normalized spacial score (nSPS) is 41.8. The average Bonchev–Trinajstić information content (AvgIpc) is 3.68. The largest absolute Gasteiger partial charge is 0.504 e. The summed E-state index contributed by atoms with van der Waals surface area (Å²) in [6.07, 6.45) is 6.35. The Balaban J connectivity index is 1.31. The third-order valence-electron chi connectivity index (χ3n) is 9.96. The van der Waals surface area contributed by atoms with Crippen LogP contribution >= 0.6 is 0 Å². The van der Waals surface area contributed by atoms with Gasteiger partial charge in [-0.3, -0.25) is 9.69 Å². The van der Waals surface area contributed by atoms with Gasteiger partial charge in [0.25, 0.3) is 0 Å². The molecule has 176 valence electrons. The zero-order valence-corrected chi connectivity index (χ0v) is 19.5. The first-order valence-electron chi connectivity index (χ1n) is 12.9. The highest BCUT2D eigenvalue weighted by atomic mass is 16.5. The number of ether oxygens (including phenoxy) is 1. The van der Waals surface area contributed by atoms with Gasteiger partial charge in [0, 0.05) is 30.3 Å². The van der Waals surface area contributed by atoms with E-state index in [-0.39, 0.29) is 40.3 Å². The van der Waals surface area contributed by atoms with E-state index in [9.17, 15) is 9.90 Å². The van der Waals surface area contributed by atoms with Crippen LogP contribution in [0.4, 0.5) is 5.69 Å². The molecule has 0 radical (unpaired) electrons. The van der Waals surface area contributed by atoms with E-state index in [1.165, 1.54) is 24.0 Å². The van der Waals surface area contributed by atoms with Crippen LogP contribution in [-0.4, -0.2) is 51.7 Å². The summed E-state index contributed by atoms with van der Waals surface area (Å²) < 4.78 is 6.76. The Morgan fingerprint density at radius 2 is 2.00 bits per heavy atom. The molecule has 3 N–H and O–H groups in total. The molecule has 3 saturated carbocycles. The topological polar surface area (TPSA) is 73.6 Å². The lowest BCUT2D eigenvalue weighted by atomic mass is 9.54. The molecule has 6 heteroatoms. The molecule has 2 bridgehead atoms. The van der Waals surface area contributed by atoms with Crippen molar-refractivity contribution in [3.8, 4) is 11.5 Å². The SMILES string of the molecule is CC(=O)N[C@@]12CC[C@H](Nc3ccccc3)[C@@H]3Oc4c(O)ccc5c4[C@@]31CC1(C5)C2N1CC1CC1. The molecule has 4 aliphatic carbocycles. The first-order valence-corrected chi connectivity index (χ1v) is 12.9. The molecule has 2 aliphatic heterocycles. The minimum absolute atomic E-state index is 0.0405. The lowest BCUT2D eigenvalue weighted by molar-refractivity contribution is -0.124. The number of phenols is 1. The second kappa shape index (κ2) is 6.09. The second-order valence-corrected chi connectivity index (χ2v) is 11.7. The van der Waals surface area contributed by atoms with E-state index < -0.39 is 0 Å². The zero-order valence-electron chi connectivity index (χ0n) is 19.5. The van der Waals surface area contributed by atoms with Gasteiger partial charge in [-0.05, 0) is 68.2 Å². The number of para-hydroxylation sites is 1. The van der Waals surface area contributed by atoms with Gasteiger partial charge in [-0.15, -0.1) is 0 Å². The van der Waals surface area contributed by atoms with Gasteiger partial charge >= 0.3 is 0 Å². The monoisotopic (exact) mass is 457 g/mol. The van der Waals surface area contributed by atoms with Crippen molar-refractivity contribution >= 4 is 11.6 Å². The number of phenolic OH excluding ortho intramolecular Hbond substituents is 1. The molecule has 3 unspecified atom stereocenters. The van der Waals surface area contributed by atoms with Crippen molar-refractivity contribution in [1.29, 1.82) is 0 Å². The maximum atomic E-state index is 12.8. The summed E-state index contributed by atoms with van der Waals surface area (Å²) in [6, 6.07) is 14.7. The number of anilines is 1. The standard InChI is InChI=1S/C28H31N3O3/c1-16(32)30-28-12-11-20(29-19-5-3-2-4-6-19)24-27(28)15-26(25(28)31(26)14-17-7-8-17)13-18-9-10-21(33)23(34-24)22(18)27/h2-6,9-10,17,20,24-25,29,33H,7-8,11-15H2,1H3,(H,30,32)/t20-,24-,25?,26?,27-,28+,31?/m0/s1.